The van der Waals surface area contributed by atoms with Crippen LogP contribution in [0.15, 0.2) is 52.9 Å². The van der Waals surface area contributed by atoms with Gasteiger partial charge < -0.3 is 0 Å². The maximum atomic E-state index is 13.2. The van der Waals surface area contributed by atoms with Crippen molar-refractivity contribution in [3.05, 3.63) is 75.7 Å². The van der Waals surface area contributed by atoms with E-state index in [0.29, 0.717) is 10.2 Å². The van der Waals surface area contributed by atoms with Crippen LogP contribution in [0.1, 0.15) is 11.4 Å². The fourth-order valence-electron chi connectivity index (χ4n) is 2.91. The van der Waals surface area contributed by atoms with Gasteiger partial charge in [0.2, 0.25) is 0 Å². The lowest BCUT2D eigenvalue weighted by molar-refractivity contribution is 0.594. The molecule has 4 nitrogen and oxygen atoms in total. The topological polar surface area (TPSA) is 39.8 Å². The first-order valence-electron chi connectivity index (χ1n) is 7.46. The standard InChI is InChI=1S/C18H14FN3OS/c1-11-3-4-12(2)22(11)21-10-20-17-16(18(21)23)15(9-24-17)13-5-7-14(19)8-6-13/h3-10H,1-2H3. The van der Waals surface area contributed by atoms with E-state index in [2.05, 4.69) is 4.98 Å². The molecule has 0 radical (unpaired) electrons. The van der Waals surface area contributed by atoms with Crippen molar-refractivity contribution in [1.82, 2.24) is 14.3 Å². The number of thiophene rings is 1. The fourth-order valence-corrected chi connectivity index (χ4v) is 3.81. The average molecular weight is 339 g/mol. The molecule has 3 heterocycles. The van der Waals surface area contributed by atoms with Gasteiger partial charge in [0.15, 0.2) is 0 Å². The molecule has 0 atom stereocenters. The molecule has 1 aromatic carbocycles. The van der Waals surface area contributed by atoms with Crippen LogP contribution < -0.4 is 5.56 Å². The molecule has 4 aromatic rings. The van der Waals surface area contributed by atoms with E-state index >= 15 is 0 Å². The fraction of sp³-hybridized carbons (Fsp3) is 0.111. The second-order valence-electron chi connectivity index (χ2n) is 5.66. The van der Waals surface area contributed by atoms with E-state index in [9.17, 15) is 9.18 Å². The Morgan fingerprint density at radius 3 is 2.38 bits per heavy atom. The van der Waals surface area contributed by atoms with Crippen molar-refractivity contribution in [2.45, 2.75) is 13.8 Å². The number of aryl methyl sites for hydroxylation is 2. The van der Waals surface area contributed by atoms with Crippen LogP contribution in [0.2, 0.25) is 0 Å². The van der Waals surface area contributed by atoms with Gasteiger partial charge in [-0.2, -0.15) is 0 Å². The smallest absolute Gasteiger partial charge is 0.267 e. The molecule has 0 aliphatic carbocycles. The van der Waals surface area contributed by atoms with Crippen molar-refractivity contribution in [2.24, 2.45) is 0 Å². The largest absolute Gasteiger partial charge is 0.282 e. The summed E-state index contributed by atoms with van der Waals surface area (Å²) in [6, 6.07) is 10.1. The van der Waals surface area contributed by atoms with E-state index in [1.807, 2.05) is 36.0 Å². The molecule has 0 saturated carbocycles. The van der Waals surface area contributed by atoms with Gasteiger partial charge in [0, 0.05) is 22.3 Å². The van der Waals surface area contributed by atoms with E-state index in [1.54, 1.807) is 18.5 Å². The third-order valence-corrected chi connectivity index (χ3v) is 4.97. The van der Waals surface area contributed by atoms with Gasteiger partial charge in [0.05, 0.1) is 5.39 Å². The Kier molecular flexibility index (Phi) is 3.35. The number of rotatable bonds is 2. The van der Waals surface area contributed by atoms with Crippen LogP contribution in [0.25, 0.3) is 21.3 Å². The average Bonchev–Trinajstić information content (AvgIpc) is 3.14. The summed E-state index contributed by atoms with van der Waals surface area (Å²) in [5.41, 5.74) is 3.36. The zero-order valence-corrected chi connectivity index (χ0v) is 14.0. The Balaban J connectivity index is 2.01. The Hall–Kier alpha value is -2.73. The van der Waals surface area contributed by atoms with Gasteiger partial charge in [-0.1, -0.05) is 12.1 Å². The van der Waals surface area contributed by atoms with Gasteiger partial charge in [-0.05, 0) is 43.7 Å². The summed E-state index contributed by atoms with van der Waals surface area (Å²) in [5, 5.41) is 2.45. The summed E-state index contributed by atoms with van der Waals surface area (Å²) in [5.74, 6) is -0.299. The highest BCUT2D eigenvalue weighted by Gasteiger charge is 2.15. The van der Waals surface area contributed by atoms with Gasteiger partial charge in [-0.3, -0.25) is 9.47 Å². The van der Waals surface area contributed by atoms with Crippen molar-refractivity contribution in [3.8, 4) is 11.1 Å². The van der Waals surface area contributed by atoms with Crippen LogP contribution in [-0.2, 0) is 0 Å². The Labute approximate surface area is 141 Å². The molecule has 0 spiro atoms. The van der Waals surface area contributed by atoms with Crippen molar-refractivity contribution in [2.75, 3.05) is 0 Å². The Morgan fingerprint density at radius 2 is 1.71 bits per heavy atom. The second kappa shape index (κ2) is 5.42. The summed E-state index contributed by atoms with van der Waals surface area (Å²) < 4.78 is 16.5. The van der Waals surface area contributed by atoms with Crippen molar-refractivity contribution in [3.63, 3.8) is 0 Å². The molecule has 3 aromatic heterocycles. The van der Waals surface area contributed by atoms with E-state index in [4.69, 9.17) is 0 Å². The maximum absolute atomic E-state index is 13.2. The zero-order chi connectivity index (χ0) is 16.8. The quantitative estimate of drug-likeness (QED) is 0.554. The minimum Gasteiger partial charge on any atom is -0.267 e. The highest BCUT2D eigenvalue weighted by atomic mass is 32.1. The lowest BCUT2D eigenvalue weighted by atomic mass is 10.1. The molecule has 0 unspecified atom stereocenters. The van der Waals surface area contributed by atoms with Crippen molar-refractivity contribution < 1.29 is 4.39 Å². The predicted molar refractivity (Wildman–Crippen MR) is 94.0 cm³/mol. The molecule has 0 aliphatic heterocycles. The predicted octanol–water partition coefficient (Wildman–Crippen LogP) is 3.99. The first-order valence-corrected chi connectivity index (χ1v) is 8.34. The van der Waals surface area contributed by atoms with E-state index in [-0.39, 0.29) is 11.4 Å². The molecule has 6 heteroatoms. The number of halogens is 1. The summed E-state index contributed by atoms with van der Waals surface area (Å²) >= 11 is 1.41. The third-order valence-electron chi connectivity index (χ3n) is 4.08. The number of fused-ring (bicyclic) bond motifs is 1. The Morgan fingerprint density at radius 1 is 1.04 bits per heavy atom. The molecular formula is C18H14FN3OS. The van der Waals surface area contributed by atoms with Gasteiger partial charge in [-0.25, -0.2) is 14.1 Å². The van der Waals surface area contributed by atoms with Gasteiger partial charge in [0.1, 0.15) is 17.0 Å². The minimum atomic E-state index is -0.299. The van der Waals surface area contributed by atoms with E-state index < -0.39 is 0 Å². The van der Waals surface area contributed by atoms with Gasteiger partial charge in [0.25, 0.3) is 5.56 Å². The molecule has 0 aliphatic rings. The third kappa shape index (κ3) is 2.18. The zero-order valence-electron chi connectivity index (χ0n) is 13.2. The number of benzene rings is 1. The first kappa shape index (κ1) is 14.8. The molecule has 0 amide bonds. The van der Waals surface area contributed by atoms with Crippen molar-refractivity contribution in [1.29, 1.82) is 0 Å². The van der Waals surface area contributed by atoms with E-state index in [1.165, 1.54) is 28.1 Å². The molecule has 0 N–H and O–H groups in total. The highest BCUT2D eigenvalue weighted by molar-refractivity contribution is 7.17. The molecule has 0 bridgehead atoms. The second-order valence-corrected chi connectivity index (χ2v) is 6.52. The Bertz CT molecular complexity index is 1090. The minimum absolute atomic E-state index is 0.136. The van der Waals surface area contributed by atoms with Crippen LogP contribution in [0.3, 0.4) is 0 Å². The van der Waals surface area contributed by atoms with Gasteiger partial charge in [-0.15, -0.1) is 11.3 Å². The van der Waals surface area contributed by atoms with Crippen LogP contribution >= 0.6 is 11.3 Å². The van der Waals surface area contributed by atoms with E-state index in [0.717, 1.165) is 22.5 Å². The van der Waals surface area contributed by atoms with Crippen LogP contribution in [-0.4, -0.2) is 14.3 Å². The summed E-state index contributed by atoms with van der Waals surface area (Å²) in [4.78, 5) is 18.2. The molecule has 4 rings (SSSR count). The number of hydrogen-bond acceptors (Lipinski definition) is 3. The van der Waals surface area contributed by atoms with Crippen molar-refractivity contribution >= 4 is 21.6 Å². The molecular weight excluding hydrogens is 325 g/mol. The number of hydrogen-bond donors (Lipinski definition) is 0. The van der Waals surface area contributed by atoms with Crippen LogP contribution in [0.5, 0.6) is 0 Å². The van der Waals surface area contributed by atoms with Crippen LogP contribution in [0, 0.1) is 19.7 Å². The normalized spacial score (nSPS) is 11.3. The maximum Gasteiger partial charge on any atom is 0.282 e. The lowest BCUT2D eigenvalue weighted by Gasteiger charge is -2.12. The monoisotopic (exact) mass is 339 g/mol. The number of aromatic nitrogens is 3. The first-order chi connectivity index (χ1) is 11.6. The summed E-state index contributed by atoms with van der Waals surface area (Å²) in [6.45, 7) is 3.89. The molecule has 120 valence electrons. The number of nitrogens with zero attached hydrogens (tertiary/aromatic N) is 3. The lowest BCUT2D eigenvalue weighted by Crippen LogP contribution is -2.27. The molecule has 0 saturated heterocycles. The molecule has 24 heavy (non-hydrogen) atoms. The highest BCUT2D eigenvalue weighted by Crippen LogP contribution is 2.30. The van der Waals surface area contributed by atoms with Crippen LogP contribution in [0.4, 0.5) is 4.39 Å². The summed E-state index contributed by atoms with van der Waals surface area (Å²) in [6.07, 6.45) is 1.55. The summed E-state index contributed by atoms with van der Waals surface area (Å²) in [7, 11) is 0. The van der Waals surface area contributed by atoms with Gasteiger partial charge >= 0.3 is 0 Å². The molecule has 0 fully saturated rings. The SMILES string of the molecule is Cc1ccc(C)n1-n1cnc2scc(-c3ccc(F)cc3)c2c1=O.